The third-order valence-electron chi connectivity index (χ3n) is 6.73. The number of fused-ring (bicyclic) bond motifs is 1. The number of urea groups is 1. The minimum Gasteiger partial charge on any atom is -0.349 e. The van der Waals surface area contributed by atoms with E-state index < -0.39 is 0 Å². The Labute approximate surface area is 199 Å². The van der Waals surface area contributed by atoms with E-state index in [-0.39, 0.29) is 11.9 Å². The molecule has 0 atom stereocenters. The molecule has 1 saturated carbocycles. The van der Waals surface area contributed by atoms with Gasteiger partial charge in [-0.2, -0.15) is 0 Å². The predicted molar refractivity (Wildman–Crippen MR) is 133 cm³/mol. The van der Waals surface area contributed by atoms with Gasteiger partial charge < -0.3 is 25.3 Å². The van der Waals surface area contributed by atoms with Crippen LogP contribution in [0.4, 0.5) is 10.5 Å². The lowest BCUT2D eigenvalue weighted by molar-refractivity contribution is 0.0916. The standard InChI is InChI=1S/C26H32N6O2/c33-25(28-21-7-5-8-21)20-10-11-24-30-23(18-32(24)17-20)19-6-4-9-22(16-19)29-26(34)27-12-15-31-13-2-1-3-14-31/h4,6,9-11,16-18,21H,1-3,5,7-8,12-15H2,(H,28,33)(H2,27,29,34). The molecule has 1 aliphatic carbocycles. The van der Waals surface area contributed by atoms with Crippen molar-refractivity contribution in [1.82, 2.24) is 24.9 Å². The number of imidazole rings is 1. The Morgan fingerprint density at radius 1 is 1.00 bits per heavy atom. The van der Waals surface area contributed by atoms with Crippen LogP contribution in [0.3, 0.4) is 0 Å². The van der Waals surface area contributed by atoms with E-state index in [0.29, 0.717) is 23.8 Å². The number of pyridine rings is 1. The third-order valence-corrected chi connectivity index (χ3v) is 6.73. The fraction of sp³-hybridized carbons (Fsp3) is 0.423. The van der Waals surface area contributed by atoms with Crippen LogP contribution in [0, 0.1) is 0 Å². The fourth-order valence-corrected chi connectivity index (χ4v) is 4.53. The molecule has 34 heavy (non-hydrogen) atoms. The first-order chi connectivity index (χ1) is 16.6. The lowest BCUT2D eigenvalue weighted by Crippen LogP contribution is -2.39. The number of aromatic nitrogens is 2. The summed E-state index contributed by atoms with van der Waals surface area (Å²) in [5, 5.41) is 8.94. The Balaban J connectivity index is 1.21. The molecule has 1 aromatic carbocycles. The summed E-state index contributed by atoms with van der Waals surface area (Å²) in [4.78, 5) is 31.9. The highest BCUT2D eigenvalue weighted by molar-refractivity contribution is 5.94. The Hall–Kier alpha value is -3.39. The first kappa shape index (κ1) is 22.4. The number of piperidine rings is 1. The van der Waals surface area contributed by atoms with Crippen LogP contribution in [0.5, 0.6) is 0 Å². The summed E-state index contributed by atoms with van der Waals surface area (Å²) in [7, 11) is 0. The van der Waals surface area contributed by atoms with Crippen LogP contribution in [0.1, 0.15) is 48.9 Å². The molecule has 0 spiro atoms. The minimum absolute atomic E-state index is 0.0423. The van der Waals surface area contributed by atoms with E-state index in [2.05, 4.69) is 20.9 Å². The number of likely N-dealkylation sites (tertiary alicyclic amines) is 1. The van der Waals surface area contributed by atoms with Crippen LogP contribution in [-0.4, -0.2) is 58.4 Å². The Morgan fingerprint density at radius 2 is 1.85 bits per heavy atom. The topological polar surface area (TPSA) is 90.8 Å². The van der Waals surface area contributed by atoms with E-state index in [1.165, 1.54) is 25.7 Å². The lowest BCUT2D eigenvalue weighted by Gasteiger charge is -2.26. The number of amides is 3. The smallest absolute Gasteiger partial charge is 0.319 e. The summed E-state index contributed by atoms with van der Waals surface area (Å²) in [5.74, 6) is -0.0423. The van der Waals surface area contributed by atoms with Crippen LogP contribution < -0.4 is 16.0 Å². The van der Waals surface area contributed by atoms with E-state index in [0.717, 1.165) is 49.4 Å². The molecule has 2 fully saturated rings. The van der Waals surface area contributed by atoms with Crippen LogP contribution in [-0.2, 0) is 0 Å². The van der Waals surface area contributed by atoms with Crippen LogP contribution >= 0.6 is 0 Å². The largest absolute Gasteiger partial charge is 0.349 e. The fourth-order valence-electron chi connectivity index (χ4n) is 4.53. The molecule has 5 rings (SSSR count). The van der Waals surface area contributed by atoms with Gasteiger partial charge >= 0.3 is 6.03 Å². The Morgan fingerprint density at radius 3 is 2.65 bits per heavy atom. The second kappa shape index (κ2) is 10.3. The maximum absolute atomic E-state index is 12.5. The van der Waals surface area contributed by atoms with Crippen molar-refractivity contribution in [3.63, 3.8) is 0 Å². The van der Waals surface area contributed by atoms with Crippen molar-refractivity contribution in [3.8, 4) is 11.3 Å². The van der Waals surface area contributed by atoms with Gasteiger partial charge in [0.2, 0.25) is 0 Å². The molecule has 1 aliphatic heterocycles. The number of carbonyl (C=O) groups is 2. The van der Waals surface area contributed by atoms with E-state index >= 15 is 0 Å². The molecular formula is C26H32N6O2. The predicted octanol–water partition coefficient (Wildman–Crippen LogP) is 3.89. The molecule has 178 valence electrons. The molecule has 3 heterocycles. The Bertz CT molecular complexity index is 1160. The van der Waals surface area contributed by atoms with Crippen molar-refractivity contribution in [2.24, 2.45) is 0 Å². The van der Waals surface area contributed by atoms with Gasteiger partial charge in [-0.3, -0.25) is 4.79 Å². The number of rotatable bonds is 7. The molecule has 1 saturated heterocycles. The molecule has 3 amide bonds. The van der Waals surface area contributed by atoms with Gasteiger partial charge in [0.15, 0.2) is 0 Å². The minimum atomic E-state index is -0.203. The molecule has 0 unspecified atom stereocenters. The Kier molecular flexibility index (Phi) is 6.76. The molecular weight excluding hydrogens is 428 g/mol. The zero-order chi connectivity index (χ0) is 23.3. The second-order valence-electron chi connectivity index (χ2n) is 9.27. The van der Waals surface area contributed by atoms with Gasteiger partial charge in [0, 0.05) is 42.8 Å². The second-order valence-corrected chi connectivity index (χ2v) is 9.27. The van der Waals surface area contributed by atoms with Gasteiger partial charge in [0.1, 0.15) is 5.65 Å². The molecule has 8 nitrogen and oxygen atoms in total. The zero-order valence-electron chi connectivity index (χ0n) is 19.4. The van der Waals surface area contributed by atoms with E-state index in [4.69, 9.17) is 4.98 Å². The first-order valence-corrected chi connectivity index (χ1v) is 12.3. The molecule has 2 aromatic heterocycles. The highest BCUT2D eigenvalue weighted by Crippen LogP contribution is 2.23. The molecule has 3 aromatic rings. The van der Waals surface area contributed by atoms with E-state index in [1.807, 2.05) is 53.2 Å². The van der Waals surface area contributed by atoms with Crippen molar-refractivity contribution in [3.05, 3.63) is 54.4 Å². The van der Waals surface area contributed by atoms with Gasteiger partial charge in [0.25, 0.3) is 5.91 Å². The van der Waals surface area contributed by atoms with E-state index in [1.54, 1.807) is 0 Å². The summed E-state index contributed by atoms with van der Waals surface area (Å²) >= 11 is 0. The molecule has 3 N–H and O–H groups in total. The summed E-state index contributed by atoms with van der Waals surface area (Å²) in [6.45, 7) is 3.76. The molecule has 0 radical (unpaired) electrons. The number of benzene rings is 1. The van der Waals surface area contributed by atoms with E-state index in [9.17, 15) is 9.59 Å². The summed E-state index contributed by atoms with van der Waals surface area (Å²) in [5.41, 5.74) is 3.79. The van der Waals surface area contributed by atoms with Crippen molar-refractivity contribution >= 4 is 23.3 Å². The summed E-state index contributed by atoms with van der Waals surface area (Å²) < 4.78 is 1.87. The van der Waals surface area contributed by atoms with Crippen LogP contribution in [0.15, 0.2) is 48.8 Å². The quantitative estimate of drug-likeness (QED) is 0.499. The number of hydrogen-bond donors (Lipinski definition) is 3. The van der Waals surface area contributed by atoms with Crippen molar-refractivity contribution in [2.75, 3.05) is 31.5 Å². The average molecular weight is 461 g/mol. The van der Waals surface area contributed by atoms with Crippen LogP contribution in [0.2, 0.25) is 0 Å². The third kappa shape index (κ3) is 5.39. The maximum Gasteiger partial charge on any atom is 0.319 e. The monoisotopic (exact) mass is 460 g/mol. The highest BCUT2D eigenvalue weighted by atomic mass is 16.2. The van der Waals surface area contributed by atoms with Crippen molar-refractivity contribution < 1.29 is 9.59 Å². The number of hydrogen-bond acceptors (Lipinski definition) is 4. The summed E-state index contributed by atoms with van der Waals surface area (Å²) in [6, 6.07) is 11.4. The molecule has 0 bridgehead atoms. The number of nitrogens with one attached hydrogen (secondary N) is 3. The van der Waals surface area contributed by atoms with Gasteiger partial charge in [-0.1, -0.05) is 18.6 Å². The number of carbonyl (C=O) groups excluding carboxylic acids is 2. The van der Waals surface area contributed by atoms with Gasteiger partial charge in [0.05, 0.1) is 11.3 Å². The van der Waals surface area contributed by atoms with Crippen molar-refractivity contribution in [1.29, 1.82) is 0 Å². The van der Waals surface area contributed by atoms with Gasteiger partial charge in [-0.05, 0) is 69.5 Å². The lowest BCUT2D eigenvalue weighted by atomic mass is 9.93. The normalized spacial score (nSPS) is 16.7. The van der Waals surface area contributed by atoms with Crippen LogP contribution in [0.25, 0.3) is 16.9 Å². The highest BCUT2D eigenvalue weighted by Gasteiger charge is 2.20. The zero-order valence-corrected chi connectivity index (χ0v) is 19.4. The SMILES string of the molecule is O=C(NCCN1CCCCC1)Nc1cccc(-c2cn3cc(C(=O)NC4CCC4)ccc3n2)c1. The first-order valence-electron chi connectivity index (χ1n) is 12.3. The van der Waals surface area contributed by atoms with Gasteiger partial charge in [-0.25, -0.2) is 9.78 Å². The van der Waals surface area contributed by atoms with Gasteiger partial charge in [-0.15, -0.1) is 0 Å². The summed E-state index contributed by atoms with van der Waals surface area (Å²) in [6.07, 6.45) is 10.8. The molecule has 2 aliphatic rings. The average Bonchev–Trinajstić information content (AvgIpc) is 3.26. The van der Waals surface area contributed by atoms with Crippen molar-refractivity contribution in [2.45, 2.75) is 44.6 Å². The maximum atomic E-state index is 12.5. The molecule has 8 heteroatoms. The number of nitrogens with zero attached hydrogens (tertiary/aromatic N) is 3. The number of anilines is 1.